The number of nitrogens with one attached hydrogen (secondary N) is 1. The van der Waals surface area contributed by atoms with E-state index in [0.29, 0.717) is 5.16 Å². The second-order valence-corrected chi connectivity index (χ2v) is 6.57. The molecule has 2 atom stereocenters. The molecule has 1 aromatic heterocycles. The van der Waals surface area contributed by atoms with E-state index in [1.165, 1.54) is 11.8 Å². The van der Waals surface area contributed by atoms with Crippen molar-refractivity contribution in [1.82, 2.24) is 20.1 Å². The van der Waals surface area contributed by atoms with Gasteiger partial charge < -0.3 is 5.32 Å². The number of hydrogen-bond donors (Lipinski definition) is 1. The van der Waals surface area contributed by atoms with E-state index in [1.54, 1.807) is 11.0 Å². The minimum Gasteiger partial charge on any atom is -0.353 e. The standard InChI is InChI=1S/C16H22N4OS/c1-4-8-12(2)18-15(21)13(3)22-16-17-11-20(19-16)14-9-6-5-7-10-14/h5-7,9-13H,4,8H2,1-3H3,(H,18,21). The molecule has 2 aromatic rings. The van der Waals surface area contributed by atoms with Crippen molar-refractivity contribution in [3.63, 3.8) is 0 Å². The topological polar surface area (TPSA) is 59.8 Å². The fourth-order valence-electron chi connectivity index (χ4n) is 2.08. The summed E-state index contributed by atoms with van der Waals surface area (Å²) in [4.78, 5) is 16.4. The van der Waals surface area contributed by atoms with E-state index in [1.807, 2.05) is 44.2 Å². The number of carbonyl (C=O) groups excluding carboxylic acids is 1. The van der Waals surface area contributed by atoms with Crippen LogP contribution in [0.1, 0.15) is 33.6 Å². The Balaban J connectivity index is 1.93. The van der Waals surface area contributed by atoms with Gasteiger partial charge in [-0.15, -0.1) is 5.10 Å². The zero-order valence-electron chi connectivity index (χ0n) is 13.2. The quantitative estimate of drug-likeness (QED) is 0.797. The van der Waals surface area contributed by atoms with Gasteiger partial charge in [0.15, 0.2) is 0 Å². The van der Waals surface area contributed by atoms with Gasteiger partial charge in [0.25, 0.3) is 0 Å². The maximum atomic E-state index is 12.1. The van der Waals surface area contributed by atoms with Crippen LogP contribution in [-0.2, 0) is 4.79 Å². The average Bonchev–Trinajstić information content (AvgIpc) is 2.96. The molecule has 1 heterocycles. The van der Waals surface area contributed by atoms with Crippen LogP contribution in [0, 0.1) is 0 Å². The molecule has 2 unspecified atom stereocenters. The monoisotopic (exact) mass is 318 g/mol. The Labute approximate surface area is 135 Å². The summed E-state index contributed by atoms with van der Waals surface area (Å²) in [6.07, 6.45) is 3.72. The highest BCUT2D eigenvalue weighted by Crippen LogP contribution is 2.20. The van der Waals surface area contributed by atoms with Gasteiger partial charge in [0.1, 0.15) is 6.33 Å². The maximum Gasteiger partial charge on any atom is 0.233 e. The highest BCUT2D eigenvalue weighted by atomic mass is 32.2. The van der Waals surface area contributed by atoms with Crippen molar-refractivity contribution in [1.29, 1.82) is 0 Å². The highest BCUT2D eigenvalue weighted by molar-refractivity contribution is 8.00. The van der Waals surface area contributed by atoms with Gasteiger partial charge >= 0.3 is 0 Å². The Kier molecular flexibility index (Phi) is 6.00. The molecule has 0 saturated carbocycles. The SMILES string of the molecule is CCCC(C)NC(=O)C(C)Sc1ncn(-c2ccccc2)n1. The molecule has 0 aliphatic carbocycles. The molecule has 0 radical (unpaired) electrons. The molecule has 1 N–H and O–H groups in total. The molecule has 6 heteroatoms. The predicted molar refractivity (Wildman–Crippen MR) is 89.2 cm³/mol. The van der Waals surface area contributed by atoms with E-state index in [4.69, 9.17) is 0 Å². The van der Waals surface area contributed by atoms with E-state index < -0.39 is 0 Å². The van der Waals surface area contributed by atoms with Gasteiger partial charge in [0.05, 0.1) is 10.9 Å². The average molecular weight is 318 g/mol. The van der Waals surface area contributed by atoms with Crippen molar-refractivity contribution in [2.75, 3.05) is 0 Å². The van der Waals surface area contributed by atoms with Gasteiger partial charge in [-0.05, 0) is 32.4 Å². The summed E-state index contributed by atoms with van der Waals surface area (Å²) in [5.41, 5.74) is 0.954. The van der Waals surface area contributed by atoms with E-state index in [9.17, 15) is 4.79 Å². The summed E-state index contributed by atoms with van der Waals surface area (Å²) in [7, 11) is 0. The Bertz CT molecular complexity index is 599. The number of benzene rings is 1. The van der Waals surface area contributed by atoms with Crippen LogP contribution in [0.2, 0.25) is 0 Å². The first-order valence-corrected chi connectivity index (χ1v) is 8.42. The second-order valence-electron chi connectivity index (χ2n) is 5.27. The molecule has 0 spiro atoms. The molecule has 0 bridgehead atoms. The lowest BCUT2D eigenvalue weighted by molar-refractivity contribution is -0.120. The Hall–Kier alpha value is -1.82. The predicted octanol–water partition coefficient (Wildman–Crippen LogP) is 3.05. The third-order valence-corrected chi connectivity index (χ3v) is 4.22. The number of aromatic nitrogens is 3. The third-order valence-electron chi connectivity index (χ3n) is 3.25. The van der Waals surface area contributed by atoms with E-state index >= 15 is 0 Å². The van der Waals surface area contributed by atoms with Crippen LogP contribution >= 0.6 is 11.8 Å². The number of hydrogen-bond acceptors (Lipinski definition) is 4. The number of carbonyl (C=O) groups is 1. The summed E-state index contributed by atoms with van der Waals surface area (Å²) in [5.74, 6) is 0.0296. The van der Waals surface area contributed by atoms with E-state index in [2.05, 4.69) is 22.3 Å². The molecule has 118 valence electrons. The molecule has 2 rings (SSSR count). The zero-order chi connectivity index (χ0) is 15.9. The molecule has 0 aliphatic heterocycles. The molecule has 5 nitrogen and oxygen atoms in total. The summed E-state index contributed by atoms with van der Waals surface area (Å²) in [5, 5.41) is 7.81. The van der Waals surface area contributed by atoms with Crippen molar-refractivity contribution in [3.8, 4) is 5.69 Å². The molecule has 0 aliphatic rings. The molecule has 1 amide bonds. The van der Waals surface area contributed by atoms with Crippen molar-refractivity contribution in [2.24, 2.45) is 0 Å². The molecule has 22 heavy (non-hydrogen) atoms. The first-order chi connectivity index (χ1) is 10.6. The van der Waals surface area contributed by atoms with Gasteiger partial charge in [-0.1, -0.05) is 43.3 Å². The highest BCUT2D eigenvalue weighted by Gasteiger charge is 2.18. The van der Waals surface area contributed by atoms with Crippen LogP contribution in [0.3, 0.4) is 0 Å². The Morgan fingerprint density at radius 1 is 1.32 bits per heavy atom. The van der Waals surface area contributed by atoms with Gasteiger partial charge in [0, 0.05) is 6.04 Å². The van der Waals surface area contributed by atoms with Crippen molar-refractivity contribution < 1.29 is 4.79 Å². The summed E-state index contributed by atoms with van der Waals surface area (Å²) < 4.78 is 1.71. The molecule has 0 saturated heterocycles. The number of para-hydroxylation sites is 1. The fraction of sp³-hybridized carbons (Fsp3) is 0.438. The lowest BCUT2D eigenvalue weighted by atomic mass is 10.2. The van der Waals surface area contributed by atoms with Crippen LogP contribution < -0.4 is 5.32 Å². The largest absolute Gasteiger partial charge is 0.353 e. The van der Waals surface area contributed by atoms with Gasteiger partial charge in [-0.3, -0.25) is 4.79 Å². The minimum absolute atomic E-state index is 0.0296. The van der Waals surface area contributed by atoms with Crippen molar-refractivity contribution in [2.45, 2.75) is 50.1 Å². The zero-order valence-corrected chi connectivity index (χ0v) is 14.0. The van der Waals surface area contributed by atoms with Crippen LogP contribution in [0.25, 0.3) is 5.69 Å². The fourth-order valence-corrected chi connectivity index (χ4v) is 2.82. The van der Waals surface area contributed by atoms with Gasteiger partial charge in [-0.2, -0.15) is 0 Å². The van der Waals surface area contributed by atoms with Crippen molar-refractivity contribution in [3.05, 3.63) is 36.7 Å². The first-order valence-electron chi connectivity index (χ1n) is 7.54. The van der Waals surface area contributed by atoms with Gasteiger partial charge in [0.2, 0.25) is 11.1 Å². The number of nitrogens with zero attached hydrogens (tertiary/aromatic N) is 3. The second kappa shape index (κ2) is 7.98. The molecular formula is C16H22N4OS. The maximum absolute atomic E-state index is 12.1. The van der Waals surface area contributed by atoms with Gasteiger partial charge in [-0.25, -0.2) is 9.67 Å². The third kappa shape index (κ3) is 4.59. The number of thioether (sulfide) groups is 1. The summed E-state index contributed by atoms with van der Waals surface area (Å²) in [6, 6.07) is 10.00. The lowest BCUT2D eigenvalue weighted by Gasteiger charge is -2.15. The molecular weight excluding hydrogens is 296 g/mol. The van der Waals surface area contributed by atoms with E-state index in [0.717, 1.165) is 18.5 Å². The van der Waals surface area contributed by atoms with Crippen molar-refractivity contribution >= 4 is 17.7 Å². The van der Waals surface area contributed by atoms with E-state index in [-0.39, 0.29) is 17.2 Å². The number of rotatable bonds is 7. The lowest BCUT2D eigenvalue weighted by Crippen LogP contribution is -2.37. The first kappa shape index (κ1) is 16.5. The van der Waals surface area contributed by atoms with Crippen LogP contribution in [0.5, 0.6) is 0 Å². The Morgan fingerprint density at radius 2 is 2.05 bits per heavy atom. The smallest absolute Gasteiger partial charge is 0.233 e. The van der Waals surface area contributed by atoms with Crippen LogP contribution in [0.15, 0.2) is 41.8 Å². The normalized spacial score (nSPS) is 13.6. The number of amides is 1. The minimum atomic E-state index is -0.217. The summed E-state index contributed by atoms with van der Waals surface area (Å²) in [6.45, 7) is 6.02. The molecule has 0 fully saturated rings. The summed E-state index contributed by atoms with van der Waals surface area (Å²) >= 11 is 1.37. The van der Waals surface area contributed by atoms with Crippen LogP contribution in [-0.4, -0.2) is 32.0 Å². The Morgan fingerprint density at radius 3 is 2.73 bits per heavy atom. The molecule has 1 aromatic carbocycles. The van der Waals surface area contributed by atoms with Crippen LogP contribution in [0.4, 0.5) is 0 Å².